The summed E-state index contributed by atoms with van der Waals surface area (Å²) in [5.74, 6) is 0.957. The monoisotopic (exact) mass is 302 g/mol. The quantitative estimate of drug-likeness (QED) is 0.562. The second kappa shape index (κ2) is 5.19. The summed E-state index contributed by atoms with van der Waals surface area (Å²) in [5, 5.41) is 1.96. The van der Waals surface area contributed by atoms with Crippen LogP contribution in [0.1, 0.15) is 16.9 Å². The van der Waals surface area contributed by atoms with Gasteiger partial charge in [0.15, 0.2) is 0 Å². The zero-order valence-electron chi connectivity index (χ0n) is 11.7. The molecule has 0 fully saturated rings. The molecule has 0 atom stereocenters. The lowest BCUT2D eigenvalue weighted by molar-refractivity contribution is 0.568. The molecule has 0 aliphatic carbocycles. The fourth-order valence-corrected chi connectivity index (χ4v) is 3.83. The molecule has 3 heteroatoms. The maximum Gasteiger partial charge on any atom is 0.135 e. The van der Waals surface area contributed by atoms with Crippen LogP contribution in [0.25, 0.3) is 11.0 Å². The summed E-state index contributed by atoms with van der Waals surface area (Å²) in [7, 11) is 0. The van der Waals surface area contributed by atoms with E-state index < -0.39 is 0 Å². The fourth-order valence-electron chi connectivity index (χ4n) is 2.46. The van der Waals surface area contributed by atoms with Gasteiger partial charge in [-0.15, -0.1) is 0 Å². The van der Waals surface area contributed by atoms with Gasteiger partial charge in [0.05, 0.1) is 4.90 Å². The minimum absolute atomic E-state index is 0.757. The molecule has 0 saturated heterocycles. The third kappa shape index (κ3) is 2.46. The van der Waals surface area contributed by atoms with Crippen molar-refractivity contribution < 1.29 is 4.42 Å². The Kier molecular flexibility index (Phi) is 3.53. The molecule has 0 N–H and O–H groups in total. The first-order valence-corrected chi connectivity index (χ1v) is 7.68. The fraction of sp³-hybridized carbons (Fsp3) is 0.176. The van der Waals surface area contributed by atoms with E-state index in [-0.39, 0.29) is 0 Å². The molecule has 0 radical (unpaired) electrons. The van der Waals surface area contributed by atoms with Crippen LogP contribution in [-0.2, 0) is 0 Å². The van der Waals surface area contributed by atoms with Crippen molar-refractivity contribution in [2.75, 3.05) is 0 Å². The van der Waals surface area contributed by atoms with Gasteiger partial charge in [-0.3, -0.25) is 0 Å². The van der Waals surface area contributed by atoms with Crippen molar-refractivity contribution in [2.24, 2.45) is 0 Å². The summed E-state index contributed by atoms with van der Waals surface area (Å²) in [6, 6.07) is 12.2. The highest BCUT2D eigenvalue weighted by Gasteiger charge is 2.15. The van der Waals surface area contributed by atoms with Crippen molar-refractivity contribution >= 4 is 34.3 Å². The van der Waals surface area contributed by atoms with Crippen molar-refractivity contribution in [3.8, 4) is 0 Å². The zero-order chi connectivity index (χ0) is 14.3. The van der Waals surface area contributed by atoms with Gasteiger partial charge in [-0.2, -0.15) is 0 Å². The van der Waals surface area contributed by atoms with Crippen molar-refractivity contribution in [1.29, 1.82) is 0 Å². The van der Waals surface area contributed by atoms with E-state index in [1.165, 1.54) is 21.4 Å². The number of furan rings is 1. The van der Waals surface area contributed by atoms with Crippen molar-refractivity contribution in [3.63, 3.8) is 0 Å². The topological polar surface area (TPSA) is 13.1 Å². The molecule has 20 heavy (non-hydrogen) atoms. The van der Waals surface area contributed by atoms with E-state index in [9.17, 15) is 0 Å². The van der Waals surface area contributed by atoms with E-state index in [0.717, 1.165) is 21.3 Å². The molecule has 102 valence electrons. The Labute approximate surface area is 127 Å². The van der Waals surface area contributed by atoms with Gasteiger partial charge in [0.25, 0.3) is 0 Å². The summed E-state index contributed by atoms with van der Waals surface area (Å²) in [6.45, 7) is 6.24. The predicted molar refractivity (Wildman–Crippen MR) is 86.0 cm³/mol. The van der Waals surface area contributed by atoms with Crippen LogP contribution in [0.3, 0.4) is 0 Å². The number of aryl methyl sites for hydroxylation is 3. The maximum absolute atomic E-state index is 6.06. The molecular formula is C17H15ClOS. The van der Waals surface area contributed by atoms with Gasteiger partial charge in [-0.05, 0) is 56.2 Å². The zero-order valence-corrected chi connectivity index (χ0v) is 13.2. The Bertz CT molecular complexity index is 789. The minimum Gasteiger partial charge on any atom is -0.460 e. The molecule has 3 rings (SSSR count). The molecule has 0 saturated carbocycles. The molecule has 0 aliphatic heterocycles. The molecule has 1 heterocycles. The second-order valence-electron chi connectivity index (χ2n) is 5.00. The van der Waals surface area contributed by atoms with E-state index in [4.69, 9.17) is 16.0 Å². The van der Waals surface area contributed by atoms with Crippen LogP contribution in [0.5, 0.6) is 0 Å². The summed E-state index contributed by atoms with van der Waals surface area (Å²) in [4.78, 5) is 2.31. The Morgan fingerprint density at radius 3 is 2.60 bits per heavy atom. The van der Waals surface area contributed by atoms with Gasteiger partial charge >= 0.3 is 0 Å². The highest BCUT2D eigenvalue weighted by Crippen LogP contribution is 2.40. The first-order chi connectivity index (χ1) is 9.54. The van der Waals surface area contributed by atoms with E-state index in [2.05, 4.69) is 32.0 Å². The number of hydrogen-bond acceptors (Lipinski definition) is 2. The van der Waals surface area contributed by atoms with Crippen molar-refractivity contribution in [2.45, 2.75) is 30.6 Å². The lowest BCUT2D eigenvalue weighted by Gasteiger charge is -2.04. The standard InChI is InChI=1S/C17H15ClOS/c1-10-7-11(2)16-15(8-10)19-12(3)17(16)20-14-6-4-5-13(18)9-14/h4-9H,1-3H3. The first kappa shape index (κ1) is 13.6. The largest absolute Gasteiger partial charge is 0.460 e. The van der Waals surface area contributed by atoms with E-state index in [1.54, 1.807) is 11.8 Å². The third-order valence-electron chi connectivity index (χ3n) is 3.27. The predicted octanol–water partition coefficient (Wildman–Crippen LogP) is 6.16. The van der Waals surface area contributed by atoms with Crippen LogP contribution in [0.2, 0.25) is 5.02 Å². The second-order valence-corrected chi connectivity index (χ2v) is 6.52. The van der Waals surface area contributed by atoms with E-state index >= 15 is 0 Å². The number of halogens is 1. The summed E-state index contributed by atoms with van der Waals surface area (Å²) in [5.41, 5.74) is 3.44. The lowest BCUT2D eigenvalue weighted by Crippen LogP contribution is -1.80. The van der Waals surface area contributed by atoms with Crippen molar-refractivity contribution in [1.82, 2.24) is 0 Å². The van der Waals surface area contributed by atoms with Gasteiger partial charge in [-0.1, -0.05) is 35.5 Å². The Balaban J connectivity index is 2.14. The van der Waals surface area contributed by atoms with Gasteiger partial charge in [0.2, 0.25) is 0 Å². The van der Waals surface area contributed by atoms with Gasteiger partial charge in [0, 0.05) is 15.3 Å². The third-order valence-corrected chi connectivity index (χ3v) is 4.69. The number of rotatable bonds is 2. The van der Waals surface area contributed by atoms with E-state index in [0.29, 0.717) is 0 Å². The molecule has 3 aromatic rings. The Hall–Kier alpha value is -1.38. The maximum atomic E-state index is 6.06. The first-order valence-electron chi connectivity index (χ1n) is 6.48. The highest BCUT2D eigenvalue weighted by atomic mass is 35.5. The number of hydrogen-bond donors (Lipinski definition) is 0. The molecule has 0 amide bonds. The molecule has 0 spiro atoms. The summed E-state index contributed by atoms with van der Waals surface area (Å²) >= 11 is 7.76. The smallest absolute Gasteiger partial charge is 0.135 e. The van der Waals surface area contributed by atoms with Crippen molar-refractivity contribution in [3.05, 3.63) is 58.3 Å². The molecule has 0 unspecified atom stereocenters. The van der Waals surface area contributed by atoms with Crippen LogP contribution in [0.15, 0.2) is 50.6 Å². The molecule has 1 nitrogen and oxygen atoms in total. The highest BCUT2D eigenvalue weighted by molar-refractivity contribution is 7.99. The van der Waals surface area contributed by atoms with Crippen LogP contribution < -0.4 is 0 Å². The summed E-state index contributed by atoms with van der Waals surface area (Å²) in [6.07, 6.45) is 0. The molecule has 0 bridgehead atoms. The van der Waals surface area contributed by atoms with Crippen LogP contribution in [0, 0.1) is 20.8 Å². The normalized spacial score (nSPS) is 11.2. The van der Waals surface area contributed by atoms with Crippen LogP contribution in [-0.4, -0.2) is 0 Å². The average Bonchev–Trinajstić information content (AvgIpc) is 2.65. The Morgan fingerprint density at radius 2 is 1.85 bits per heavy atom. The SMILES string of the molecule is Cc1cc(C)c2c(Sc3cccc(Cl)c3)c(C)oc2c1. The molecule has 2 aromatic carbocycles. The van der Waals surface area contributed by atoms with Gasteiger partial charge in [0.1, 0.15) is 11.3 Å². The Morgan fingerprint density at radius 1 is 1.05 bits per heavy atom. The number of fused-ring (bicyclic) bond motifs is 1. The summed E-state index contributed by atoms with van der Waals surface area (Å²) < 4.78 is 5.91. The minimum atomic E-state index is 0.757. The van der Waals surface area contributed by atoms with Gasteiger partial charge < -0.3 is 4.42 Å². The molecule has 0 aliphatic rings. The lowest BCUT2D eigenvalue weighted by atomic mass is 10.1. The van der Waals surface area contributed by atoms with Crippen LogP contribution >= 0.6 is 23.4 Å². The van der Waals surface area contributed by atoms with Crippen LogP contribution in [0.4, 0.5) is 0 Å². The number of benzene rings is 2. The van der Waals surface area contributed by atoms with Gasteiger partial charge in [-0.25, -0.2) is 0 Å². The van der Waals surface area contributed by atoms with E-state index in [1.807, 2.05) is 25.1 Å². The molecular weight excluding hydrogens is 288 g/mol. The average molecular weight is 303 g/mol. The molecule has 1 aromatic heterocycles.